The standard InChI is InChI=1S/C14H18Cl2N2O3S/c1-18(7-10-2-3-12(15)13(16)6-10)8-14(19)17-11-4-5-22(20,21)9-11/h2-3,6,11H,4-5,7-9H2,1H3,(H,17,19)/p+1/t11-/m0/s1. The number of hydrogen-bond acceptors (Lipinski definition) is 3. The predicted molar refractivity (Wildman–Crippen MR) is 87.1 cm³/mol. The fourth-order valence-corrected chi connectivity index (χ4v) is 4.52. The van der Waals surface area contributed by atoms with E-state index in [9.17, 15) is 13.2 Å². The minimum absolute atomic E-state index is 0.0462. The van der Waals surface area contributed by atoms with E-state index >= 15 is 0 Å². The zero-order valence-corrected chi connectivity index (χ0v) is 14.6. The molecule has 0 bridgehead atoms. The quantitative estimate of drug-likeness (QED) is 0.788. The topological polar surface area (TPSA) is 67.7 Å². The highest BCUT2D eigenvalue weighted by Crippen LogP contribution is 2.22. The van der Waals surface area contributed by atoms with Gasteiger partial charge >= 0.3 is 0 Å². The van der Waals surface area contributed by atoms with Crippen LogP contribution in [-0.2, 0) is 21.2 Å². The number of sulfone groups is 1. The van der Waals surface area contributed by atoms with Gasteiger partial charge in [-0.2, -0.15) is 0 Å². The van der Waals surface area contributed by atoms with Gasteiger partial charge in [0, 0.05) is 11.6 Å². The first-order valence-electron chi connectivity index (χ1n) is 7.00. The van der Waals surface area contributed by atoms with E-state index in [0.717, 1.165) is 10.5 Å². The Kier molecular flexibility index (Phi) is 5.71. The highest BCUT2D eigenvalue weighted by molar-refractivity contribution is 7.91. The Bertz CT molecular complexity index is 664. The number of carbonyl (C=O) groups is 1. The van der Waals surface area contributed by atoms with E-state index in [-0.39, 0.29) is 30.0 Å². The number of nitrogens with one attached hydrogen (secondary N) is 2. The second kappa shape index (κ2) is 7.17. The van der Waals surface area contributed by atoms with Gasteiger partial charge in [0.2, 0.25) is 0 Å². The van der Waals surface area contributed by atoms with Crippen LogP contribution in [0.15, 0.2) is 18.2 Å². The molecule has 2 rings (SSSR count). The van der Waals surface area contributed by atoms with Crippen LogP contribution >= 0.6 is 23.2 Å². The summed E-state index contributed by atoms with van der Waals surface area (Å²) in [6.07, 6.45) is 0.500. The smallest absolute Gasteiger partial charge is 0.275 e. The van der Waals surface area contributed by atoms with Crippen molar-refractivity contribution in [3.63, 3.8) is 0 Å². The van der Waals surface area contributed by atoms with E-state index in [1.165, 1.54) is 0 Å². The lowest BCUT2D eigenvalue weighted by Gasteiger charge is -2.16. The van der Waals surface area contributed by atoms with Crippen molar-refractivity contribution in [2.45, 2.75) is 19.0 Å². The molecule has 122 valence electrons. The predicted octanol–water partition coefficient (Wildman–Crippen LogP) is 0.311. The van der Waals surface area contributed by atoms with Gasteiger partial charge in [-0.3, -0.25) is 4.79 Å². The van der Waals surface area contributed by atoms with Gasteiger partial charge < -0.3 is 10.2 Å². The molecule has 22 heavy (non-hydrogen) atoms. The first-order chi connectivity index (χ1) is 10.2. The van der Waals surface area contributed by atoms with Gasteiger partial charge in [-0.1, -0.05) is 29.3 Å². The molecule has 1 aromatic rings. The summed E-state index contributed by atoms with van der Waals surface area (Å²) in [4.78, 5) is 12.9. The molecule has 1 amide bonds. The van der Waals surface area contributed by atoms with Crippen molar-refractivity contribution in [1.29, 1.82) is 0 Å². The van der Waals surface area contributed by atoms with Gasteiger partial charge in [0.1, 0.15) is 6.54 Å². The Morgan fingerprint density at radius 2 is 2.09 bits per heavy atom. The number of amides is 1. The van der Waals surface area contributed by atoms with Crippen LogP contribution in [-0.4, -0.2) is 45.5 Å². The van der Waals surface area contributed by atoms with E-state index in [2.05, 4.69) is 5.32 Å². The van der Waals surface area contributed by atoms with Crippen LogP contribution in [0.4, 0.5) is 0 Å². The Morgan fingerprint density at radius 1 is 1.36 bits per heavy atom. The van der Waals surface area contributed by atoms with Gasteiger partial charge in [-0.25, -0.2) is 8.42 Å². The zero-order valence-electron chi connectivity index (χ0n) is 12.2. The molecule has 2 N–H and O–H groups in total. The lowest BCUT2D eigenvalue weighted by Crippen LogP contribution is -3.09. The second-order valence-corrected chi connectivity index (χ2v) is 8.77. The van der Waals surface area contributed by atoms with Crippen LogP contribution in [0.25, 0.3) is 0 Å². The first kappa shape index (κ1) is 17.5. The molecule has 0 radical (unpaired) electrons. The second-order valence-electron chi connectivity index (χ2n) is 5.73. The Morgan fingerprint density at radius 3 is 2.68 bits per heavy atom. The lowest BCUT2D eigenvalue weighted by molar-refractivity contribution is -0.885. The molecule has 0 saturated carbocycles. The third-order valence-electron chi connectivity index (χ3n) is 3.55. The van der Waals surface area contributed by atoms with E-state index in [1.807, 2.05) is 13.1 Å². The Balaban J connectivity index is 1.82. The molecule has 1 fully saturated rings. The van der Waals surface area contributed by atoms with Gasteiger partial charge in [0.05, 0.1) is 28.6 Å². The fourth-order valence-electron chi connectivity index (χ4n) is 2.52. The van der Waals surface area contributed by atoms with E-state index < -0.39 is 9.84 Å². The minimum atomic E-state index is -2.98. The summed E-state index contributed by atoms with van der Waals surface area (Å²) in [5.41, 5.74) is 0.989. The monoisotopic (exact) mass is 365 g/mol. The molecule has 1 aromatic carbocycles. The van der Waals surface area contributed by atoms with E-state index in [4.69, 9.17) is 23.2 Å². The molecular weight excluding hydrogens is 347 g/mol. The van der Waals surface area contributed by atoms with Crippen molar-refractivity contribution in [3.8, 4) is 0 Å². The van der Waals surface area contributed by atoms with Crippen molar-refractivity contribution in [2.75, 3.05) is 25.1 Å². The highest BCUT2D eigenvalue weighted by Gasteiger charge is 2.29. The number of rotatable bonds is 5. The average Bonchev–Trinajstić information content (AvgIpc) is 2.72. The van der Waals surface area contributed by atoms with Gasteiger partial charge in [-0.15, -0.1) is 0 Å². The molecular formula is C14H19Cl2N2O3S+. The molecule has 2 atom stereocenters. The van der Waals surface area contributed by atoms with Crippen molar-refractivity contribution in [2.24, 2.45) is 0 Å². The van der Waals surface area contributed by atoms with Crippen LogP contribution in [0.2, 0.25) is 10.0 Å². The molecule has 1 unspecified atom stereocenters. The molecule has 1 aliphatic rings. The number of quaternary nitrogens is 1. The molecule has 1 aliphatic heterocycles. The molecule has 0 spiro atoms. The molecule has 5 nitrogen and oxygen atoms in total. The third kappa shape index (κ3) is 5.12. The molecule has 1 heterocycles. The molecule has 0 aromatic heterocycles. The number of benzene rings is 1. The van der Waals surface area contributed by atoms with Crippen LogP contribution < -0.4 is 10.2 Å². The van der Waals surface area contributed by atoms with Crippen molar-refractivity contribution < 1.29 is 18.1 Å². The van der Waals surface area contributed by atoms with Crippen LogP contribution in [0.5, 0.6) is 0 Å². The largest absolute Gasteiger partial charge is 0.347 e. The van der Waals surface area contributed by atoms with Crippen molar-refractivity contribution >= 4 is 38.9 Å². The van der Waals surface area contributed by atoms with Gasteiger partial charge in [0.15, 0.2) is 16.4 Å². The van der Waals surface area contributed by atoms with Crippen LogP contribution in [0, 0.1) is 0 Å². The first-order valence-corrected chi connectivity index (χ1v) is 9.58. The zero-order chi connectivity index (χ0) is 16.3. The maximum atomic E-state index is 12.0. The normalized spacial score (nSPS) is 21.5. The van der Waals surface area contributed by atoms with Crippen LogP contribution in [0.1, 0.15) is 12.0 Å². The van der Waals surface area contributed by atoms with Gasteiger partial charge in [-0.05, 0) is 18.6 Å². The summed E-state index contributed by atoms with van der Waals surface area (Å²) in [7, 11) is -1.08. The Hall–Kier alpha value is -0.820. The Labute approximate surface area is 140 Å². The summed E-state index contributed by atoms with van der Waals surface area (Å²) >= 11 is 11.8. The van der Waals surface area contributed by atoms with Crippen molar-refractivity contribution in [1.82, 2.24) is 5.32 Å². The summed E-state index contributed by atoms with van der Waals surface area (Å²) in [6.45, 7) is 0.907. The molecule has 1 saturated heterocycles. The molecule has 8 heteroatoms. The summed E-state index contributed by atoms with van der Waals surface area (Å²) in [6, 6.07) is 5.14. The van der Waals surface area contributed by atoms with Crippen molar-refractivity contribution in [3.05, 3.63) is 33.8 Å². The lowest BCUT2D eigenvalue weighted by atomic mass is 10.2. The van der Waals surface area contributed by atoms with Gasteiger partial charge in [0.25, 0.3) is 5.91 Å². The minimum Gasteiger partial charge on any atom is -0.347 e. The number of carbonyl (C=O) groups excluding carboxylic acids is 1. The average molecular weight is 366 g/mol. The third-order valence-corrected chi connectivity index (χ3v) is 6.06. The SMILES string of the molecule is C[NH+](CC(=O)N[C@H]1CCS(=O)(=O)C1)Cc1ccc(Cl)c(Cl)c1. The maximum Gasteiger partial charge on any atom is 0.275 e. The number of likely N-dealkylation sites (N-methyl/N-ethyl adjacent to an activating group) is 1. The summed E-state index contributed by atoms with van der Waals surface area (Å²) in [5, 5.41) is 3.78. The van der Waals surface area contributed by atoms with E-state index in [0.29, 0.717) is 23.0 Å². The number of halogens is 2. The molecule has 0 aliphatic carbocycles. The number of hydrogen-bond donors (Lipinski definition) is 2. The highest BCUT2D eigenvalue weighted by atomic mass is 35.5. The fraction of sp³-hybridized carbons (Fsp3) is 0.500. The van der Waals surface area contributed by atoms with E-state index in [1.54, 1.807) is 12.1 Å². The summed E-state index contributed by atoms with van der Waals surface area (Å²) in [5.74, 6) is 0.0637. The van der Waals surface area contributed by atoms with Crippen LogP contribution in [0.3, 0.4) is 0 Å². The summed E-state index contributed by atoms with van der Waals surface area (Å²) < 4.78 is 22.7. The maximum absolute atomic E-state index is 12.0.